The molecule has 1 aromatic carbocycles. The topological polar surface area (TPSA) is 21.3 Å². The van der Waals surface area contributed by atoms with Gasteiger partial charge in [-0.05, 0) is 31.2 Å². The SMILES string of the molecule is CCCCCNCCOc1cccc(Cl)c1. The normalized spacial score (nSPS) is 10.4. The summed E-state index contributed by atoms with van der Waals surface area (Å²) < 4.78 is 5.55. The monoisotopic (exact) mass is 241 g/mol. The zero-order valence-corrected chi connectivity index (χ0v) is 10.6. The molecule has 0 atom stereocenters. The summed E-state index contributed by atoms with van der Waals surface area (Å²) in [6.07, 6.45) is 3.80. The van der Waals surface area contributed by atoms with Crippen LogP contribution < -0.4 is 10.1 Å². The van der Waals surface area contributed by atoms with Crippen molar-refractivity contribution in [3.05, 3.63) is 29.3 Å². The van der Waals surface area contributed by atoms with Crippen LogP contribution in [0.2, 0.25) is 5.02 Å². The molecule has 3 heteroatoms. The van der Waals surface area contributed by atoms with Crippen molar-refractivity contribution in [1.29, 1.82) is 0 Å². The summed E-state index contributed by atoms with van der Waals surface area (Å²) in [4.78, 5) is 0. The molecule has 0 bridgehead atoms. The Hall–Kier alpha value is -0.730. The van der Waals surface area contributed by atoms with E-state index in [1.54, 1.807) is 0 Å². The van der Waals surface area contributed by atoms with E-state index in [0.717, 1.165) is 18.8 Å². The molecule has 0 amide bonds. The first kappa shape index (κ1) is 13.3. The minimum Gasteiger partial charge on any atom is -0.492 e. The molecular weight excluding hydrogens is 222 g/mol. The van der Waals surface area contributed by atoms with Crippen LogP contribution >= 0.6 is 11.6 Å². The van der Waals surface area contributed by atoms with Gasteiger partial charge in [-0.2, -0.15) is 0 Å². The standard InChI is InChI=1S/C13H20ClNO/c1-2-3-4-8-15-9-10-16-13-7-5-6-12(14)11-13/h5-7,11,15H,2-4,8-10H2,1H3. The lowest BCUT2D eigenvalue weighted by Crippen LogP contribution is -2.22. The van der Waals surface area contributed by atoms with Crippen LogP contribution in [-0.4, -0.2) is 19.7 Å². The van der Waals surface area contributed by atoms with E-state index in [2.05, 4.69) is 12.2 Å². The van der Waals surface area contributed by atoms with Gasteiger partial charge in [0.1, 0.15) is 12.4 Å². The Balaban J connectivity index is 2.03. The van der Waals surface area contributed by atoms with Crippen LogP contribution in [0.15, 0.2) is 24.3 Å². The largest absolute Gasteiger partial charge is 0.492 e. The van der Waals surface area contributed by atoms with Crippen molar-refractivity contribution < 1.29 is 4.74 Å². The number of unbranched alkanes of at least 4 members (excludes halogenated alkanes) is 2. The zero-order chi connectivity index (χ0) is 11.6. The lowest BCUT2D eigenvalue weighted by molar-refractivity contribution is 0.313. The smallest absolute Gasteiger partial charge is 0.120 e. The minimum atomic E-state index is 0.687. The van der Waals surface area contributed by atoms with E-state index in [9.17, 15) is 0 Å². The second-order valence-electron chi connectivity index (χ2n) is 3.76. The molecule has 0 aliphatic heterocycles. The molecule has 0 heterocycles. The number of hydrogen-bond donors (Lipinski definition) is 1. The summed E-state index contributed by atoms with van der Waals surface area (Å²) in [7, 11) is 0. The van der Waals surface area contributed by atoms with E-state index in [1.165, 1.54) is 19.3 Å². The molecule has 0 aliphatic carbocycles. The average molecular weight is 242 g/mol. The zero-order valence-electron chi connectivity index (χ0n) is 9.84. The molecule has 0 unspecified atom stereocenters. The molecule has 16 heavy (non-hydrogen) atoms. The number of benzene rings is 1. The van der Waals surface area contributed by atoms with Crippen LogP contribution in [0.25, 0.3) is 0 Å². The Bertz CT molecular complexity index is 291. The van der Waals surface area contributed by atoms with E-state index in [1.807, 2.05) is 24.3 Å². The number of hydrogen-bond acceptors (Lipinski definition) is 2. The first-order valence-electron chi connectivity index (χ1n) is 5.92. The fourth-order valence-corrected chi connectivity index (χ4v) is 1.60. The van der Waals surface area contributed by atoms with E-state index >= 15 is 0 Å². The molecule has 0 fully saturated rings. The highest BCUT2D eigenvalue weighted by Gasteiger charge is 1.94. The Morgan fingerprint density at radius 3 is 2.88 bits per heavy atom. The van der Waals surface area contributed by atoms with E-state index in [4.69, 9.17) is 16.3 Å². The van der Waals surface area contributed by atoms with Crippen molar-refractivity contribution in [2.24, 2.45) is 0 Å². The predicted molar refractivity (Wildman–Crippen MR) is 69.3 cm³/mol. The average Bonchev–Trinajstić information content (AvgIpc) is 2.28. The molecule has 1 aromatic rings. The van der Waals surface area contributed by atoms with Gasteiger partial charge in [-0.3, -0.25) is 0 Å². The maximum atomic E-state index is 5.85. The molecule has 0 saturated carbocycles. The van der Waals surface area contributed by atoms with Gasteiger partial charge in [0.25, 0.3) is 0 Å². The number of ether oxygens (including phenoxy) is 1. The van der Waals surface area contributed by atoms with Gasteiger partial charge in [-0.15, -0.1) is 0 Å². The molecular formula is C13H20ClNO. The molecule has 0 radical (unpaired) electrons. The molecule has 0 aromatic heterocycles. The third kappa shape index (κ3) is 5.99. The predicted octanol–water partition coefficient (Wildman–Crippen LogP) is 3.50. The van der Waals surface area contributed by atoms with Gasteiger partial charge in [-0.1, -0.05) is 37.4 Å². The van der Waals surface area contributed by atoms with Crippen LogP contribution in [0.3, 0.4) is 0 Å². The van der Waals surface area contributed by atoms with Gasteiger partial charge >= 0.3 is 0 Å². The highest BCUT2D eigenvalue weighted by molar-refractivity contribution is 6.30. The molecule has 2 nitrogen and oxygen atoms in total. The van der Waals surface area contributed by atoms with Gasteiger partial charge in [0, 0.05) is 11.6 Å². The Kier molecular flexibility index (Phi) is 7.02. The summed E-state index contributed by atoms with van der Waals surface area (Å²) in [6, 6.07) is 7.49. The van der Waals surface area contributed by atoms with Crippen molar-refractivity contribution in [3.63, 3.8) is 0 Å². The van der Waals surface area contributed by atoms with Crippen molar-refractivity contribution in [2.75, 3.05) is 19.7 Å². The maximum absolute atomic E-state index is 5.85. The molecule has 1 rings (SSSR count). The fraction of sp³-hybridized carbons (Fsp3) is 0.538. The first-order valence-corrected chi connectivity index (χ1v) is 6.30. The summed E-state index contributed by atoms with van der Waals surface area (Å²) in [5.41, 5.74) is 0. The molecule has 90 valence electrons. The summed E-state index contributed by atoms with van der Waals surface area (Å²) in [5.74, 6) is 0.836. The highest BCUT2D eigenvalue weighted by Crippen LogP contribution is 2.16. The quantitative estimate of drug-likeness (QED) is 0.704. The number of nitrogens with one attached hydrogen (secondary N) is 1. The van der Waals surface area contributed by atoms with Crippen molar-refractivity contribution >= 4 is 11.6 Å². The lowest BCUT2D eigenvalue weighted by Gasteiger charge is -2.07. The Morgan fingerprint density at radius 1 is 1.25 bits per heavy atom. The van der Waals surface area contributed by atoms with Gasteiger partial charge in [-0.25, -0.2) is 0 Å². The summed E-state index contributed by atoms with van der Waals surface area (Å²) in [5, 5.41) is 4.06. The molecule has 1 N–H and O–H groups in total. The third-order valence-electron chi connectivity index (χ3n) is 2.30. The van der Waals surface area contributed by atoms with Crippen LogP contribution in [0.4, 0.5) is 0 Å². The minimum absolute atomic E-state index is 0.687. The molecule has 0 spiro atoms. The van der Waals surface area contributed by atoms with Gasteiger partial charge in [0.15, 0.2) is 0 Å². The Labute approximate surface area is 103 Å². The molecule has 0 saturated heterocycles. The van der Waals surface area contributed by atoms with E-state index in [-0.39, 0.29) is 0 Å². The lowest BCUT2D eigenvalue weighted by atomic mass is 10.2. The molecule has 0 aliphatic rings. The van der Waals surface area contributed by atoms with Gasteiger partial charge < -0.3 is 10.1 Å². The van der Waals surface area contributed by atoms with Crippen LogP contribution in [0.5, 0.6) is 5.75 Å². The number of halogens is 1. The fourth-order valence-electron chi connectivity index (χ4n) is 1.42. The van der Waals surface area contributed by atoms with Crippen LogP contribution in [0, 0.1) is 0 Å². The second-order valence-corrected chi connectivity index (χ2v) is 4.20. The number of rotatable bonds is 8. The van der Waals surface area contributed by atoms with Gasteiger partial charge in [0.2, 0.25) is 0 Å². The van der Waals surface area contributed by atoms with E-state index in [0.29, 0.717) is 11.6 Å². The third-order valence-corrected chi connectivity index (χ3v) is 2.54. The van der Waals surface area contributed by atoms with Crippen molar-refractivity contribution in [3.8, 4) is 5.75 Å². The van der Waals surface area contributed by atoms with Gasteiger partial charge in [0.05, 0.1) is 0 Å². The highest BCUT2D eigenvalue weighted by atomic mass is 35.5. The first-order chi connectivity index (χ1) is 7.83. The second kappa shape index (κ2) is 8.43. The summed E-state index contributed by atoms with van der Waals surface area (Å²) >= 11 is 5.85. The Morgan fingerprint density at radius 2 is 2.12 bits per heavy atom. The van der Waals surface area contributed by atoms with Crippen LogP contribution in [0.1, 0.15) is 26.2 Å². The maximum Gasteiger partial charge on any atom is 0.120 e. The summed E-state index contributed by atoms with van der Waals surface area (Å²) in [6.45, 7) is 4.86. The van der Waals surface area contributed by atoms with Crippen molar-refractivity contribution in [1.82, 2.24) is 5.32 Å². The van der Waals surface area contributed by atoms with Crippen LogP contribution in [-0.2, 0) is 0 Å². The van der Waals surface area contributed by atoms with E-state index < -0.39 is 0 Å². The van der Waals surface area contributed by atoms with Crippen molar-refractivity contribution in [2.45, 2.75) is 26.2 Å².